The van der Waals surface area contributed by atoms with Gasteiger partial charge >= 0.3 is 0 Å². The lowest BCUT2D eigenvalue weighted by molar-refractivity contribution is 0.802. The second-order valence-corrected chi connectivity index (χ2v) is 6.87. The summed E-state index contributed by atoms with van der Waals surface area (Å²) in [5.74, 6) is 1.09. The van der Waals surface area contributed by atoms with Gasteiger partial charge in [0, 0.05) is 14.1 Å². The van der Waals surface area contributed by atoms with Crippen molar-refractivity contribution in [3.8, 4) is 0 Å². The van der Waals surface area contributed by atoms with E-state index in [1.54, 1.807) is 48.4 Å². The Labute approximate surface area is 184 Å². The third kappa shape index (κ3) is 4.27. The fourth-order valence-electron chi connectivity index (χ4n) is 2.90. The zero-order valence-electron chi connectivity index (χ0n) is 18.0. The predicted molar refractivity (Wildman–Crippen MR) is 118 cm³/mol. The normalized spacial score (nSPS) is 10.6. The van der Waals surface area contributed by atoms with E-state index in [1.165, 1.54) is 6.33 Å². The lowest BCUT2D eigenvalue weighted by Crippen LogP contribution is -2.17. The van der Waals surface area contributed by atoms with Crippen LogP contribution in [0.2, 0.25) is 0 Å². The summed E-state index contributed by atoms with van der Waals surface area (Å²) in [6.07, 6.45) is 7.80. The Balaban J connectivity index is 0.000000118. The van der Waals surface area contributed by atoms with Gasteiger partial charge in [-0.2, -0.15) is 0 Å². The van der Waals surface area contributed by atoms with Crippen molar-refractivity contribution in [3.05, 3.63) is 48.4 Å². The van der Waals surface area contributed by atoms with Crippen molar-refractivity contribution < 1.29 is 0 Å². The van der Waals surface area contributed by atoms with Gasteiger partial charge in [0.25, 0.3) is 0 Å². The minimum absolute atomic E-state index is 0.232. The number of aryl methyl sites for hydroxylation is 3. The summed E-state index contributed by atoms with van der Waals surface area (Å²) in [7, 11) is 3.62. The second-order valence-electron chi connectivity index (χ2n) is 6.87. The Morgan fingerprint density at radius 2 is 1.39 bits per heavy atom. The molecule has 33 heavy (non-hydrogen) atoms. The van der Waals surface area contributed by atoms with Crippen LogP contribution in [0.25, 0.3) is 33.5 Å². The van der Waals surface area contributed by atoms with Crippen LogP contribution in [0.4, 0.5) is 5.82 Å². The number of fused-ring (bicyclic) bond motifs is 3. The van der Waals surface area contributed by atoms with Crippen LogP contribution in [0.15, 0.2) is 31.6 Å². The molecule has 0 aliphatic rings. The first-order valence-corrected chi connectivity index (χ1v) is 9.57. The van der Waals surface area contributed by atoms with Crippen LogP contribution in [0, 0.1) is 17.7 Å². The third-order valence-corrected chi connectivity index (χ3v) is 4.54. The van der Waals surface area contributed by atoms with Crippen LogP contribution in [-0.4, -0.2) is 59.0 Å². The number of nitrogens with zero attached hydrogens (tertiary/aromatic N) is 9. The molecule has 0 atom stereocenters. The number of aromatic amines is 3. The highest BCUT2D eigenvalue weighted by molar-refractivity contribution is 5.80. The monoisotopic (exact) mass is 447 g/mol. The molecule has 6 rings (SSSR count). The molecular weight excluding hydrogens is 426 g/mol. The van der Waals surface area contributed by atoms with Gasteiger partial charge in [-0.15, -0.1) is 0 Å². The molecule has 0 radical (unpaired) electrons. The van der Waals surface area contributed by atoms with Gasteiger partial charge in [0.05, 0.1) is 31.6 Å². The number of rotatable bonds is 0. The van der Waals surface area contributed by atoms with E-state index in [2.05, 4.69) is 49.8 Å². The third-order valence-electron chi connectivity index (χ3n) is 4.54. The maximum absolute atomic E-state index is 7.56. The van der Waals surface area contributed by atoms with Crippen LogP contribution in [0.1, 0.15) is 5.82 Å². The maximum Gasteiger partial charge on any atom is 0.183 e. The first-order valence-electron chi connectivity index (χ1n) is 9.57. The molecule has 0 aromatic carbocycles. The van der Waals surface area contributed by atoms with Gasteiger partial charge in [-0.25, -0.2) is 34.9 Å². The molecule has 0 bridgehead atoms. The summed E-state index contributed by atoms with van der Waals surface area (Å²) in [6.45, 7) is 1.78. The molecule has 0 saturated heterocycles. The molecule has 0 amide bonds. The first-order chi connectivity index (χ1) is 15.8. The summed E-state index contributed by atoms with van der Waals surface area (Å²) in [5, 5.41) is 14.9. The van der Waals surface area contributed by atoms with Crippen molar-refractivity contribution in [1.29, 1.82) is 10.8 Å². The van der Waals surface area contributed by atoms with Crippen molar-refractivity contribution in [3.63, 3.8) is 0 Å². The van der Waals surface area contributed by atoms with E-state index in [0.717, 1.165) is 5.65 Å². The van der Waals surface area contributed by atoms with E-state index in [1.807, 2.05) is 7.05 Å². The Morgan fingerprint density at radius 1 is 0.758 bits per heavy atom. The SMILES string of the molecule is Cc1nc(N)c2[nH]cnc2n1.Cn1cnc(=N)c2[nH]cnc21.Cn1cnc2nc[nH]c2c1=N. The molecule has 15 heteroatoms. The number of H-pyrrole nitrogens is 3. The molecule has 6 aromatic rings. The highest BCUT2D eigenvalue weighted by Crippen LogP contribution is 2.11. The highest BCUT2D eigenvalue weighted by atomic mass is 15.1. The molecule has 0 aliphatic carbocycles. The molecule has 6 heterocycles. The van der Waals surface area contributed by atoms with Crippen LogP contribution in [0.3, 0.4) is 0 Å². The summed E-state index contributed by atoms with van der Waals surface area (Å²) in [5.41, 5.74) is 10.2. The molecule has 168 valence electrons. The highest BCUT2D eigenvalue weighted by Gasteiger charge is 2.03. The Bertz CT molecular complexity index is 1660. The molecule has 0 aliphatic heterocycles. The second kappa shape index (κ2) is 8.66. The van der Waals surface area contributed by atoms with Gasteiger partial charge in [0.2, 0.25) is 0 Å². The largest absolute Gasteiger partial charge is 0.382 e. The van der Waals surface area contributed by atoms with E-state index in [4.69, 9.17) is 16.6 Å². The Morgan fingerprint density at radius 3 is 2.15 bits per heavy atom. The number of aromatic nitrogens is 12. The summed E-state index contributed by atoms with van der Waals surface area (Å²) < 4.78 is 3.39. The Kier molecular flexibility index (Phi) is 5.58. The summed E-state index contributed by atoms with van der Waals surface area (Å²) in [4.78, 5) is 36.3. The summed E-state index contributed by atoms with van der Waals surface area (Å²) in [6, 6.07) is 0. The molecular formula is C18H21N15. The van der Waals surface area contributed by atoms with Crippen LogP contribution < -0.4 is 16.7 Å². The minimum atomic E-state index is 0.232. The van der Waals surface area contributed by atoms with Gasteiger partial charge in [0.1, 0.15) is 22.4 Å². The predicted octanol–water partition coefficient (Wildman–Crippen LogP) is -0.205. The minimum Gasteiger partial charge on any atom is -0.382 e. The molecule has 0 saturated carbocycles. The number of nitrogen functional groups attached to an aromatic ring is 1. The zero-order valence-corrected chi connectivity index (χ0v) is 18.0. The van der Waals surface area contributed by atoms with Crippen LogP contribution in [-0.2, 0) is 14.1 Å². The van der Waals surface area contributed by atoms with Crippen LogP contribution in [0.5, 0.6) is 0 Å². The zero-order chi connectivity index (χ0) is 23.5. The van der Waals surface area contributed by atoms with Crippen molar-refractivity contribution in [2.75, 3.05) is 5.73 Å². The maximum atomic E-state index is 7.56. The molecule has 15 nitrogen and oxygen atoms in total. The molecule has 0 fully saturated rings. The fourth-order valence-corrected chi connectivity index (χ4v) is 2.90. The average molecular weight is 447 g/mol. The lowest BCUT2D eigenvalue weighted by Gasteiger charge is -1.95. The van der Waals surface area contributed by atoms with E-state index < -0.39 is 0 Å². The van der Waals surface area contributed by atoms with E-state index in [9.17, 15) is 0 Å². The average Bonchev–Trinajstić information content (AvgIpc) is 3.55. The van der Waals surface area contributed by atoms with Gasteiger partial charge in [-0.1, -0.05) is 0 Å². The van der Waals surface area contributed by atoms with Gasteiger partial charge in [0.15, 0.2) is 33.7 Å². The van der Waals surface area contributed by atoms with Gasteiger partial charge in [-0.3, -0.25) is 10.8 Å². The van der Waals surface area contributed by atoms with Crippen molar-refractivity contribution in [2.24, 2.45) is 14.1 Å². The standard InChI is InChI=1S/3C6H7N5/c1-11-3-10-6-4(5(11)7)8-2-9-6;1-11-3-10-5(7)4-6(11)9-2-8-4;1-3-10-5(7)4-6(11-3)9-2-8-4/h2*2-3,7H,1H3,(H,8,9);2H,1H3,(H3,7,8,9,10,11). The van der Waals surface area contributed by atoms with E-state index in [-0.39, 0.29) is 5.49 Å². The van der Waals surface area contributed by atoms with Gasteiger partial charge < -0.3 is 29.8 Å². The van der Waals surface area contributed by atoms with Crippen molar-refractivity contribution in [2.45, 2.75) is 6.92 Å². The van der Waals surface area contributed by atoms with Crippen LogP contribution >= 0.6 is 0 Å². The van der Waals surface area contributed by atoms with Crippen molar-refractivity contribution >= 4 is 39.3 Å². The molecule has 0 spiro atoms. The number of hydrogen-bond acceptors (Lipinski definition) is 10. The van der Waals surface area contributed by atoms with E-state index in [0.29, 0.717) is 45.0 Å². The number of anilines is 1. The number of imidazole rings is 3. The van der Waals surface area contributed by atoms with Gasteiger partial charge in [-0.05, 0) is 6.92 Å². The quantitative estimate of drug-likeness (QED) is 0.182. The lowest BCUT2D eigenvalue weighted by atomic mass is 10.5. The number of nitrogens with one attached hydrogen (secondary N) is 5. The van der Waals surface area contributed by atoms with Crippen molar-refractivity contribution in [1.82, 2.24) is 59.0 Å². The molecule has 7 N–H and O–H groups in total. The first kappa shape index (κ1) is 21.3. The summed E-state index contributed by atoms with van der Waals surface area (Å²) >= 11 is 0. The topological polar surface area (TPSA) is 221 Å². The number of nitrogens with two attached hydrogens (primary N) is 1. The molecule has 6 aromatic heterocycles. The molecule has 0 unspecified atom stereocenters. The smallest absolute Gasteiger partial charge is 0.183 e. The van der Waals surface area contributed by atoms with E-state index >= 15 is 0 Å². The number of hydrogen-bond donors (Lipinski definition) is 6. The Hall–Kier alpha value is -4.95. The fraction of sp³-hybridized carbons (Fsp3) is 0.167.